The van der Waals surface area contributed by atoms with Crippen LogP contribution in [0.1, 0.15) is 30.0 Å². The Hall–Kier alpha value is -4.23. The maximum Gasteiger partial charge on any atom is 0.422 e. The highest BCUT2D eigenvalue weighted by atomic mass is 19.4. The van der Waals surface area contributed by atoms with Crippen molar-refractivity contribution in [2.24, 2.45) is 0 Å². The SMILES string of the molecule is C=C/C=C(\C=C)C(=O)OCCCN1CCc2cc(C[C@@H](C)NCCOc3ccccc3OCC(F)(F)F)cc(C#N)c21. The van der Waals surface area contributed by atoms with Gasteiger partial charge in [-0.15, -0.1) is 0 Å². The Bertz CT molecular complexity index is 1320. The number of rotatable bonds is 16. The fraction of sp³-hybridized carbons (Fsp3) is 0.375. The molecule has 0 radical (unpaired) electrons. The number of benzene rings is 2. The van der Waals surface area contributed by atoms with Crippen molar-refractivity contribution in [3.8, 4) is 17.6 Å². The lowest BCUT2D eigenvalue weighted by atomic mass is 9.99. The minimum atomic E-state index is -4.43. The number of halogens is 3. The van der Waals surface area contributed by atoms with E-state index in [-0.39, 0.29) is 30.8 Å². The Morgan fingerprint density at radius 3 is 2.60 bits per heavy atom. The van der Waals surface area contributed by atoms with Gasteiger partial charge in [-0.3, -0.25) is 0 Å². The molecule has 0 spiro atoms. The standard InChI is InChI=1S/C32H36F3N3O4/c1-4-9-25(5-2)31(39)41-16-8-14-38-15-12-26-19-24(20-27(21-36)30(26)38)18-23(3)37-13-17-40-28-10-6-7-11-29(28)42-22-32(33,34)35/h4-7,9-11,19-20,23,37H,1-2,8,12-18,22H2,3H3/b25-9+/t23-/m1/s1. The Labute approximate surface area is 244 Å². The molecule has 1 atom stereocenters. The van der Waals surface area contributed by atoms with Crippen LogP contribution in [0, 0.1) is 11.3 Å². The lowest BCUT2D eigenvalue weighted by Crippen LogP contribution is -2.32. The molecule has 7 nitrogen and oxygen atoms in total. The largest absolute Gasteiger partial charge is 0.488 e. The van der Waals surface area contributed by atoms with Crippen LogP contribution in [0.2, 0.25) is 0 Å². The molecule has 0 amide bonds. The molecule has 0 unspecified atom stereocenters. The predicted molar refractivity (Wildman–Crippen MR) is 156 cm³/mol. The zero-order valence-corrected chi connectivity index (χ0v) is 23.7. The highest BCUT2D eigenvalue weighted by molar-refractivity contribution is 5.91. The third-order valence-electron chi connectivity index (χ3n) is 6.53. The van der Waals surface area contributed by atoms with Crippen molar-refractivity contribution < 1.29 is 32.2 Å². The van der Waals surface area contributed by atoms with Crippen molar-refractivity contribution in [3.63, 3.8) is 0 Å². The first-order chi connectivity index (χ1) is 20.1. The first-order valence-corrected chi connectivity index (χ1v) is 13.7. The molecule has 2 aromatic carbocycles. The minimum Gasteiger partial charge on any atom is -0.488 e. The van der Waals surface area contributed by atoms with Gasteiger partial charge in [0, 0.05) is 25.7 Å². The lowest BCUT2D eigenvalue weighted by molar-refractivity contribution is -0.153. The van der Waals surface area contributed by atoms with E-state index >= 15 is 0 Å². The summed E-state index contributed by atoms with van der Waals surface area (Å²) in [6.45, 7) is 10.2. The predicted octanol–water partition coefficient (Wildman–Crippen LogP) is 5.69. The fourth-order valence-electron chi connectivity index (χ4n) is 4.71. The van der Waals surface area contributed by atoms with E-state index in [0.29, 0.717) is 37.1 Å². The number of hydrogen-bond acceptors (Lipinski definition) is 7. The molecule has 0 saturated carbocycles. The van der Waals surface area contributed by atoms with E-state index in [1.165, 1.54) is 18.2 Å². The van der Waals surface area contributed by atoms with Crippen LogP contribution in [0.5, 0.6) is 11.5 Å². The number of para-hydroxylation sites is 2. The van der Waals surface area contributed by atoms with Gasteiger partial charge < -0.3 is 24.4 Å². The average Bonchev–Trinajstić information content (AvgIpc) is 3.37. The summed E-state index contributed by atoms with van der Waals surface area (Å²) in [6, 6.07) is 12.7. The van der Waals surface area contributed by atoms with E-state index in [0.717, 1.165) is 29.8 Å². The Balaban J connectivity index is 1.48. The molecule has 1 N–H and O–H groups in total. The van der Waals surface area contributed by atoms with Crippen LogP contribution < -0.4 is 19.7 Å². The van der Waals surface area contributed by atoms with Gasteiger partial charge in [0.2, 0.25) is 0 Å². The number of nitrogens with one attached hydrogen (secondary N) is 1. The molecular formula is C32H36F3N3O4. The van der Waals surface area contributed by atoms with Gasteiger partial charge in [-0.2, -0.15) is 18.4 Å². The number of esters is 1. The number of carbonyl (C=O) groups is 1. The number of carbonyl (C=O) groups excluding carboxylic acids is 1. The van der Waals surface area contributed by atoms with Gasteiger partial charge in [0.25, 0.3) is 0 Å². The van der Waals surface area contributed by atoms with E-state index in [4.69, 9.17) is 14.2 Å². The Morgan fingerprint density at radius 2 is 1.93 bits per heavy atom. The van der Waals surface area contributed by atoms with Crippen LogP contribution in [0.4, 0.5) is 18.9 Å². The molecule has 0 saturated heterocycles. The Kier molecular flexibility index (Phi) is 12.1. The number of nitrogens with zero attached hydrogens (tertiary/aromatic N) is 2. The van der Waals surface area contributed by atoms with Gasteiger partial charge in [0.1, 0.15) is 12.7 Å². The van der Waals surface area contributed by atoms with E-state index in [1.807, 2.05) is 13.0 Å². The van der Waals surface area contributed by atoms with Gasteiger partial charge in [0.15, 0.2) is 18.1 Å². The van der Waals surface area contributed by atoms with Crippen molar-refractivity contribution in [1.82, 2.24) is 5.32 Å². The van der Waals surface area contributed by atoms with Gasteiger partial charge in [-0.25, -0.2) is 4.79 Å². The number of alkyl halides is 3. The minimum absolute atomic E-state index is 0.0441. The van der Waals surface area contributed by atoms with Crippen LogP contribution in [0.3, 0.4) is 0 Å². The zero-order valence-electron chi connectivity index (χ0n) is 23.7. The maximum atomic E-state index is 12.5. The summed E-state index contributed by atoms with van der Waals surface area (Å²) in [6.07, 6.45) is 2.20. The molecule has 0 bridgehead atoms. The molecule has 1 aliphatic rings. The van der Waals surface area contributed by atoms with E-state index in [1.54, 1.807) is 24.3 Å². The quantitative estimate of drug-likeness (QED) is 0.118. The van der Waals surface area contributed by atoms with Crippen molar-refractivity contribution in [1.29, 1.82) is 5.26 Å². The fourth-order valence-corrected chi connectivity index (χ4v) is 4.71. The highest BCUT2D eigenvalue weighted by Crippen LogP contribution is 2.33. The van der Waals surface area contributed by atoms with Crippen molar-refractivity contribution in [2.75, 3.05) is 44.4 Å². The summed E-state index contributed by atoms with van der Waals surface area (Å²) in [5.41, 5.74) is 4.07. The van der Waals surface area contributed by atoms with Crippen LogP contribution in [0.25, 0.3) is 0 Å². The third kappa shape index (κ3) is 9.70. The first-order valence-electron chi connectivity index (χ1n) is 13.7. The van der Waals surface area contributed by atoms with E-state index in [9.17, 15) is 23.2 Å². The van der Waals surface area contributed by atoms with E-state index < -0.39 is 18.8 Å². The van der Waals surface area contributed by atoms with E-state index in [2.05, 4.69) is 35.5 Å². The second-order valence-corrected chi connectivity index (χ2v) is 9.81. The van der Waals surface area contributed by atoms with Gasteiger partial charge in [0.05, 0.1) is 23.4 Å². The second kappa shape index (κ2) is 15.7. The molecule has 224 valence electrons. The maximum absolute atomic E-state index is 12.5. The summed E-state index contributed by atoms with van der Waals surface area (Å²) in [7, 11) is 0. The molecule has 0 fully saturated rings. The van der Waals surface area contributed by atoms with Gasteiger partial charge in [-0.05, 0) is 61.6 Å². The number of ether oxygens (including phenoxy) is 3. The Morgan fingerprint density at radius 1 is 1.19 bits per heavy atom. The second-order valence-electron chi connectivity index (χ2n) is 9.81. The van der Waals surface area contributed by atoms with Crippen LogP contribution >= 0.6 is 0 Å². The summed E-state index contributed by atoms with van der Waals surface area (Å²) in [4.78, 5) is 14.2. The smallest absolute Gasteiger partial charge is 0.422 e. The molecule has 1 aliphatic heterocycles. The molecule has 0 aliphatic carbocycles. The van der Waals surface area contributed by atoms with Crippen molar-refractivity contribution in [3.05, 3.63) is 90.0 Å². The van der Waals surface area contributed by atoms with Crippen molar-refractivity contribution in [2.45, 2.75) is 38.4 Å². The number of anilines is 1. The average molecular weight is 584 g/mol. The van der Waals surface area contributed by atoms with Gasteiger partial charge in [-0.1, -0.05) is 43.5 Å². The molecule has 1 heterocycles. The van der Waals surface area contributed by atoms with Crippen LogP contribution in [-0.4, -0.2) is 57.6 Å². The number of hydrogen-bond donors (Lipinski definition) is 1. The van der Waals surface area contributed by atoms with Crippen LogP contribution in [0.15, 0.2) is 73.4 Å². The molecule has 0 aromatic heterocycles. The zero-order chi connectivity index (χ0) is 30.5. The summed E-state index contributed by atoms with van der Waals surface area (Å²) >= 11 is 0. The number of fused-ring (bicyclic) bond motifs is 1. The summed E-state index contributed by atoms with van der Waals surface area (Å²) in [5, 5.41) is 13.2. The molecule has 10 heteroatoms. The number of nitriles is 1. The topological polar surface area (TPSA) is 83.8 Å². The highest BCUT2D eigenvalue weighted by Gasteiger charge is 2.29. The van der Waals surface area contributed by atoms with Gasteiger partial charge >= 0.3 is 12.1 Å². The van der Waals surface area contributed by atoms with Crippen LogP contribution in [-0.2, 0) is 22.4 Å². The summed E-state index contributed by atoms with van der Waals surface area (Å²) < 4.78 is 53.4. The monoisotopic (exact) mass is 583 g/mol. The molecule has 42 heavy (non-hydrogen) atoms. The normalized spacial score (nSPS) is 13.6. The van der Waals surface area contributed by atoms with Crippen molar-refractivity contribution >= 4 is 11.7 Å². The molecule has 2 aromatic rings. The molecular weight excluding hydrogens is 547 g/mol. The third-order valence-corrected chi connectivity index (χ3v) is 6.53. The first kappa shape index (κ1) is 32.3. The number of allylic oxidation sites excluding steroid dienone is 2. The molecule has 3 rings (SSSR count). The summed E-state index contributed by atoms with van der Waals surface area (Å²) in [5.74, 6) is -0.145. The lowest BCUT2D eigenvalue weighted by Gasteiger charge is -2.21.